The molecule has 0 atom stereocenters. The van der Waals surface area contributed by atoms with E-state index in [1.54, 1.807) is 35.4 Å². The summed E-state index contributed by atoms with van der Waals surface area (Å²) >= 11 is 6.13. The number of rotatable bonds is 3. The third-order valence-electron chi connectivity index (χ3n) is 4.99. The van der Waals surface area contributed by atoms with E-state index in [-0.39, 0.29) is 11.7 Å². The van der Waals surface area contributed by atoms with Crippen molar-refractivity contribution in [3.63, 3.8) is 0 Å². The molecule has 1 aromatic heterocycles. The zero-order chi connectivity index (χ0) is 19.7. The van der Waals surface area contributed by atoms with Gasteiger partial charge in [0.05, 0.1) is 0 Å². The van der Waals surface area contributed by atoms with Crippen molar-refractivity contribution in [2.24, 2.45) is 0 Å². The minimum Gasteiger partial charge on any atom is -0.368 e. The first-order chi connectivity index (χ1) is 13.5. The van der Waals surface area contributed by atoms with E-state index in [2.05, 4.69) is 16.9 Å². The van der Waals surface area contributed by atoms with Crippen molar-refractivity contribution in [1.82, 2.24) is 14.7 Å². The number of amides is 1. The van der Waals surface area contributed by atoms with Crippen LogP contribution < -0.4 is 4.90 Å². The van der Waals surface area contributed by atoms with Crippen molar-refractivity contribution >= 4 is 23.2 Å². The molecule has 3 aromatic rings. The number of hydrogen-bond donors (Lipinski definition) is 0. The summed E-state index contributed by atoms with van der Waals surface area (Å²) in [5.74, 6) is -0.521. The highest BCUT2D eigenvalue weighted by atomic mass is 35.5. The van der Waals surface area contributed by atoms with E-state index in [9.17, 15) is 9.18 Å². The van der Waals surface area contributed by atoms with Crippen LogP contribution in [0.1, 0.15) is 16.1 Å². The monoisotopic (exact) mass is 398 g/mol. The Kier molecular flexibility index (Phi) is 5.05. The zero-order valence-corrected chi connectivity index (χ0v) is 16.2. The highest BCUT2D eigenvalue weighted by Crippen LogP contribution is 2.25. The van der Waals surface area contributed by atoms with Crippen molar-refractivity contribution in [2.45, 2.75) is 6.92 Å². The molecule has 7 heteroatoms. The van der Waals surface area contributed by atoms with Gasteiger partial charge in [-0.3, -0.25) is 4.79 Å². The summed E-state index contributed by atoms with van der Waals surface area (Å²) in [5.41, 5.74) is 2.90. The molecule has 144 valence electrons. The van der Waals surface area contributed by atoms with Crippen LogP contribution in [0.15, 0.2) is 54.7 Å². The molecule has 0 aliphatic carbocycles. The molecular weight excluding hydrogens is 379 g/mol. The molecular formula is C21H20ClFN4O. The summed E-state index contributed by atoms with van der Waals surface area (Å²) in [6, 6.07) is 13.8. The van der Waals surface area contributed by atoms with Gasteiger partial charge in [-0.15, -0.1) is 0 Å². The summed E-state index contributed by atoms with van der Waals surface area (Å²) in [5, 5.41) is 4.98. The Morgan fingerprint density at radius 1 is 1.04 bits per heavy atom. The molecule has 1 fully saturated rings. The lowest BCUT2D eigenvalue weighted by atomic mass is 10.1. The second-order valence-electron chi connectivity index (χ2n) is 6.81. The number of nitrogens with zero attached hydrogens (tertiary/aromatic N) is 4. The third kappa shape index (κ3) is 3.60. The van der Waals surface area contributed by atoms with Gasteiger partial charge in [-0.05, 0) is 42.8 Å². The minimum atomic E-state index is -0.380. The molecule has 1 saturated heterocycles. The van der Waals surface area contributed by atoms with Crippen LogP contribution in [0.25, 0.3) is 5.69 Å². The Labute approximate surface area is 167 Å². The summed E-state index contributed by atoms with van der Waals surface area (Å²) in [7, 11) is 0. The van der Waals surface area contributed by atoms with Gasteiger partial charge in [-0.1, -0.05) is 29.8 Å². The number of aryl methyl sites for hydroxylation is 1. The molecule has 1 amide bonds. The molecule has 0 N–H and O–H groups in total. The fraction of sp³-hybridized carbons (Fsp3) is 0.238. The summed E-state index contributed by atoms with van der Waals surface area (Å²) < 4.78 is 15.3. The van der Waals surface area contributed by atoms with Crippen molar-refractivity contribution in [3.8, 4) is 5.69 Å². The first kappa shape index (κ1) is 18.5. The van der Waals surface area contributed by atoms with Crippen LogP contribution in [0, 0.1) is 12.7 Å². The zero-order valence-electron chi connectivity index (χ0n) is 15.5. The number of anilines is 1. The fourth-order valence-corrected chi connectivity index (χ4v) is 3.61. The van der Waals surface area contributed by atoms with E-state index in [0.29, 0.717) is 29.5 Å². The highest BCUT2D eigenvalue weighted by Gasteiger charge is 2.24. The van der Waals surface area contributed by atoms with Gasteiger partial charge in [0.1, 0.15) is 11.5 Å². The summed E-state index contributed by atoms with van der Waals surface area (Å²) in [6.07, 6.45) is 1.61. The Morgan fingerprint density at radius 3 is 2.54 bits per heavy atom. The van der Waals surface area contributed by atoms with Crippen LogP contribution in [0.3, 0.4) is 0 Å². The predicted molar refractivity (Wildman–Crippen MR) is 108 cm³/mol. The number of carbonyl (C=O) groups is 1. The maximum absolute atomic E-state index is 13.9. The molecule has 0 bridgehead atoms. The van der Waals surface area contributed by atoms with Gasteiger partial charge in [0.15, 0.2) is 5.69 Å². The van der Waals surface area contributed by atoms with Gasteiger partial charge in [-0.2, -0.15) is 5.10 Å². The van der Waals surface area contributed by atoms with Gasteiger partial charge in [0.2, 0.25) is 0 Å². The van der Waals surface area contributed by atoms with E-state index >= 15 is 0 Å². The SMILES string of the molecule is Cc1ccc(Cl)cc1N1CCN(C(=O)c2ccn(-c3ccccc3F)n2)CC1. The van der Waals surface area contributed by atoms with Crippen LogP contribution in [0.4, 0.5) is 10.1 Å². The molecule has 0 saturated carbocycles. The fourth-order valence-electron chi connectivity index (χ4n) is 3.45. The Hall–Kier alpha value is -2.86. The minimum absolute atomic E-state index is 0.141. The quantitative estimate of drug-likeness (QED) is 0.671. The number of hydrogen-bond acceptors (Lipinski definition) is 3. The van der Waals surface area contributed by atoms with Gasteiger partial charge in [-0.25, -0.2) is 9.07 Å². The van der Waals surface area contributed by atoms with E-state index in [4.69, 9.17) is 11.6 Å². The van der Waals surface area contributed by atoms with E-state index in [0.717, 1.165) is 24.3 Å². The number of para-hydroxylation sites is 1. The first-order valence-corrected chi connectivity index (χ1v) is 9.51. The topological polar surface area (TPSA) is 41.4 Å². The second kappa shape index (κ2) is 7.64. The van der Waals surface area contributed by atoms with E-state index in [1.807, 2.05) is 18.2 Å². The van der Waals surface area contributed by atoms with Gasteiger partial charge >= 0.3 is 0 Å². The maximum atomic E-state index is 13.9. The van der Waals surface area contributed by atoms with Crippen LogP contribution in [-0.2, 0) is 0 Å². The average Bonchev–Trinajstić information content (AvgIpc) is 3.20. The molecule has 0 unspecified atom stereocenters. The van der Waals surface area contributed by atoms with Crippen LogP contribution >= 0.6 is 11.6 Å². The van der Waals surface area contributed by atoms with Gasteiger partial charge in [0.25, 0.3) is 5.91 Å². The van der Waals surface area contributed by atoms with E-state index in [1.165, 1.54) is 10.7 Å². The highest BCUT2D eigenvalue weighted by molar-refractivity contribution is 6.30. The lowest BCUT2D eigenvalue weighted by molar-refractivity contribution is 0.0740. The molecule has 1 aliphatic heterocycles. The van der Waals surface area contributed by atoms with Crippen LogP contribution in [-0.4, -0.2) is 46.8 Å². The Balaban J connectivity index is 1.45. The first-order valence-electron chi connectivity index (χ1n) is 9.14. The Morgan fingerprint density at radius 2 is 1.79 bits per heavy atom. The lowest BCUT2D eigenvalue weighted by Crippen LogP contribution is -2.49. The molecule has 1 aliphatic rings. The van der Waals surface area contributed by atoms with Crippen LogP contribution in [0.5, 0.6) is 0 Å². The largest absolute Gasteiger partial charge is 0.368 e. The van der Waals surface area contributed by atoms with Crippen molar-refractivity contribution in [3.05, 3.63) is 76.8 Å². The predicted octanol–water partition coefficient (Wildman–Crippen LogP) is 3.94. The van der Waals surface area contributed by atoms with Crippen molar-refractivity contribution in [1.29, 1.82) is 0 Å². The molecule has 28 heavy (non-hydrogen) atoms. The molecule has 2 heterocycles. The lowest BCUT2D eigenvalue weighted by Gasteiger charge is -2.36. The standard InChI is InChI=1S/C21H20ClFN4O/c1-15-6-7-16(22)14-20(15)25-10-12-26(13-11-25)21(28)18-8-9-27(24-18)19-5-3-2-4-17(19)23/h2-9,14H,10-13H2,1H3. The normalized spacial score (nSPS) is 14.4. The Bertz CT molecular complexity index is 1010. The second-order valence-corrected chi connectivity index (χ2v) is 7.24. The van der Waals surface area contributed by atoms with Gasteiger partial charge < -0.3 is 9.80 Å². The number of carbonyl (C=O) groups excluding carboxylic acids is 1. The van der Waals surface area contributed by atoms with Gasteiger partial charge in [0, 0.05) is 43.1 Å². The van der Waals surface area contributed by atoms with Crippen molar-refractivity contribution in [2.75, 3.05) is 31.1 Å². The number of aromatic nitrogens is 2. The van der Waals surface area contributed by atoms with E-state index < -0.39 is 0 Å². The molecule has 4 rings (SSSR count). The average molecular weight is 399 g/mol. The molecule has 5 nitrogen and oxygen atoms in total. The molecule has 2 aromatic carbocycles. The third-order valence-corrected chi connectivity index (χ3v) is 5.22. The maximum Gasteiger partial charge on any atom is 0.274 e. The molecule has 0 radical (unpaired) electrons. The van der Waals surface area contributed by atoms with Crippen LogP contribution in [0.2, 0.25) is 5.02 Å². The number of benzene rings is 2. The molecule has 0 spiro atoms. The number of halogens is 2. The smallest absolute Gasteiger partial charge is 0.274 e. The van der Waals surface area contributed by atoms with Crippen molar-refractivity contribution < 1.29 is 9.18 Å². The summed E-state index contributed by atoms with van der Waals surface area (Å²) in [6.45, 7) is 4.69. The number of piperazine rings is 1. The summed E-state index contributed by atoms with van der Waals surface area (Å²) in [4.78, 5) is 16.8.